The van der Waals surface area contributed by atoms with E-state index in [1.54, 1.807) is 24.3 Å². The van der Waals surface area contributed by atoms with Gasteiger partial charge in [0.1, 0.15) is 0 Å². The molecule has 2 amide bonds. The fraction of sp³-hybridized carbons (Fsp3) is 0.429. The zero-order valence-electron chi connectivity index (χ0n) is 11.3. The molecule has 0 aliphatic rings. The minimum Gasteiger partial charge on any atom is -0.350 e. The van der Waals surface area contributed by atoms with Gasteiger partial charge in [-0.1, -0.05) is 0 Å². The Balaban J connectivity index is 2.74. The summed E-state index contributed by atoms with van der Waals surface area (Å²) in [6.07, 6.45) is 0. The fourth-order valence-corrected chi connectivity index (χ4v) is 1.46. The van der Waals surface area contributed by atoms with E-state index in [4.69, 9.17) is 0 Å². The van der Waals surface area contributed by atoms with Gasteiger partial charge in [0, 0.05) is 23.2 Å². The SMILES string of the molecule is CC(C)NC(=O)c1ccc(C(=O)NC(C)C)cc1. The molecule has 0 aliphatic carbocycles. The summed E-state index contributed by atoms with van der Waals surface area (Å²) in [4.78, 5) is 23.4. The molecule has 0 bridgehead atoms. The summed E-state index contributed by atoms with van der Waals surface area (Å²) in [6.45, 7) is 7.62. The van der Waals surface area contributed by atoms with Crippen LogP contribution in [0.3, 0.4) is 0 Å². The number of hydrogen-bond donors (Lipinski definition) is 2. The van der Waals surface area contributed by atoms with Crippen molar-refractivity contribution >= 4 is 11.8 Å². The smallest absolute Gasteiger partial charge is 0.251 e. The van der Waals surface area contributed by atoms with E-state index in [0.29, 0.717) is 11.1 Å². The molecule has 0 fully saturated rings. The van der Waals surface area contributed by atoms with Gasteiger partial charge in [-0.3, -0.25) is 9.59 Å². The van der Waals surface area contributed by atoms with E-state index in [0.717, 1.165) is 0 Å². The Morgan fingerprint density at radius 2 is 1.06 bits per heavy atom. The van der Waals surface area contributed by atoms with Gasteiger partial charge in [-0.15, -0.1) is 0 Å². The first-order valence-corrected chi connectivity index (χ1v) is 6.12. The van der Waals surface area contributed by atoms with Crippen molar-refractivity contribution in [1.29, 1.82) is 0 Å². The summed E-state index contributed by atoms with van der Waals surface area (Å²) in [5.74, 6) is -0.248. The highest BCUT2D eigenvalue weighted by molar-refractivity contribution is 5.97. The molecule has 0 radical (unpaired) electrons. The predicted molar refractivity (Wildman–Crippen MR) is 71.6 cm³/mol. The maximum absolute atomic E-state index is 11.7. The maximum atomic E-state index is 11.7. The van der Waals surface area contributed by atoms with Gasteiger partial charge in [-0.05, 0) is 52.0 Å². The molecule has 0 aromatic heterocycles. The highest BCUT2D eigenvalue weighted by atomic mass is 16.2. The van der Waals surface area contributed by atoms with Crippen molar-refractivity contribution in [3.8, 4) is 0 Å². The van der Waals surface area contributed by atoms with Gasteiger partial charge >= 0.3 is 0 Å². The summed E-state index contributed by atoms with van der Waals surface area (Å²) < 4.78 is 0. The molecule has 0 saturated heterocycles. The number of amides is 2. The quantitative estimate of drug-likeness (QED) is 0.855. The van der Waals surface area contributed by atoms with Gasteiger partial charge in [0.05, 0.1) is 0 Å². The third-order valence-corrected chi connectivity index (χ3v) is 2.25. The number of carbonyl (C=O) groups excluding carboxylic acids is 2. The average Bonchev–Trinajstić information content (AvgIpc) is 2.27. The zero-order chi connectivity index (χ0) is 13.7. The van der Waals surface area contributed by atoms with Crippen LogP contribution < -0.4 is 10.6 Å². The number of nitrogens with one attached hydrogen (secondary N) is 2. The zero-order valence-corrected chi connectivity index (χ0v) is 11.3. The van der Waals surface area contributed by atoms with Crippen LogP contribution in [0.1, 0.15) is 48.4 Å². The summed E-state index contributed by atoms with van der Waals surface area (Å²) in [7, 11) is 0. The first-order valence-electron chi connectivity index (χ1n) is 6.12. The number of rotatable bonds is 4. The molecule has 0 heterocycles. The lowest BCUT2D eigenvalue weighted by Crippen LogP contribution is -2.31. The van der Waals surface area contributed by atoms with Gasteiger partial charge in [0.15, 0.2) is 0 Å². The first kappa shape index (κ1) is 14.2. The largest absolute Gasteiger partial charge is 0.350 e. The molecule has 4 nitrogen and oxygen atoms in total. The van der Waals surface area contributed by atoms with Crippen LogP contribution in [0.5, 0.6) is 0 Å². The number of hydrogen-bond acceptors (Lipinski definition) is 2. The van der Waals surface area contributed by atoms with Crippen LogP contribution in [-0.4, -0.2) is 23.9 Å². The topological polar surface area (TPSA) is 58.2 Å². The number of carbonyl (C=O) groups is 2. The van der Waals surface area contributed by atoms with E-state index in [9.17, 15) is 9.59 Å². The summed E-state index contributed by atoms with van der Waals surface area (Å²) in [5, 5.41) is 5.60. The van der Waals surface area contributed by atoms with Crippen molar-refractivity contribution in [2.24, 2.45) is 0 Å². The minimum absolute atomic E-state index is 0.0985. The predicted octanol–water partition coefficient (Wildman–Crippen LogP) is 1.96. The lowest BCUT2D eigenvalue weighted by atomic mass is 10.1. The second kappa shape index (κ2) is 6.19. The van der Waals surface area contributed by atoms with Crippen LogP contribution in [-0.2, 0) is 0 Å². The monoisotopic (exact) mass is 248 g/mol. The second-order valence-corrected chi connectivity index (χ2v) is 4.83. The van der Waals surface area contributed by atoms with Crippen LogP contribution >= 0.6 is 0 Å². The maximum Gasteiger partial charge on any atom is 0.251 e. The lowest BCUT2D eigenvalue weighted by Gasteiger charge is -2.10. The van der Waals surface area contributed by atoms with Crippen LogP contribution in [0, 0.1) is 0 Å². The van der Waals surface area contributed by atoms with Crippen LogP contribution in [0.2, 0.25) is 0 Å². The van der Waals surface area contributed by atoms with Crippen molar-refractivity contribution in [2.75, 3.05) is 0 Å². The molecular formula is C14H20N2O2. The second-order valence-electron chi connectivity index (χ2n) is 4.83. The minimum atomic E-state index is -0.124. The summed E-state index contributed by atoms with van der Waals surface area (Å²) >= 11 is 0. The van der Waals surface area contributed by atoms with E-state index >= 15 is 0 Å². The molecule has 98 valence electrons. The Labute approximate surface area is 108 Å². The molecule has 1 aromatic rings. The Bertz CT molecular complexity index is 381. The molecular weight excluding hydrogens is 228 g/mol. The van der Waals surface area contributed by atoms with Gasteiger partial charge in [0.25, 0.3) is 11.8 Å². The van der Waals surface area contributed by atoms with E-state index < -0.39 is 0 Å². The standard InChI is InChI=1S/C14H20N2O2/c1-9(2)15-13(17)11-5-7-12(8-6-11)14(18)16-10(3)4/h5-10H,1-4H3,(H,15,17)(H,16,18). The van der Waals surface area contributed by atoms with Gasteiger partial charge < -0.3 is 10.6 Å². The van der Waals surface area contributed by atoms with E-state index in [-0.39, 0.29) is 23.9 Å². The molecule has 0 atom stereocenters. The highest BCUT2D eigenvalue weighted by Gasteiger charge is 2.10. The van der Waals surface area contributed by atoms with Gasteiger partial charge in [-0.2, -0.15) is 0 Å². The van der Waals surface area contributed by atoms with Crippen molar-refractivity contribution in [1.82, 2.24) is 10.6 Å². The molecule has 0 spiro atoms. The third-order valence-electron chi connectivity index (χ3n) is 2.25. The van der Waals surface area contributed by atoms with Crippen molar-refractivity contribution in [3.63, 3.8) is 0 Å². The van der Waals surface area contributed by atoms with Crippen molar-refractivity contribution in [2.45, 2.75) is 39.8 Å². The van der Waals surface area contributed by atoms with E-state index in [1.807, 2.05) is 27.7 Å². The van der Waals surface area contributed by atoms with Crippen LogP contribution in [0.25, 0.3) is 0 Å². The Kier molecular flexibility index (Phi) is 4.89. The van der Waals surface area contributed by atoms with E-state index in [1.165, 1.54) is 0 Å². The summed E-state index contributed by atoms with van der Waals surface area (Å²) in [5.41, 5.74) is 1.12. The Hall–Kier alpha value is -1.84. The molecule has 0 unspecified atom stereocenters. The Morgan fingerprint density at radius 3 is 1.28 bits per heavy atom. The molecule has 4 heteroatoms. The lowest BCUT2D eigenvalue weighted by molar-refractivity contribution is 0.0930. The number of benzene rings is 1. The third kappa shape index (κ3) is 4.20. The van der Waals surface area contributed by atoms with Crippen molar-refractivity contribution in [3.05, 3.63) is 35.4 Å². The molecule has 0 aliphatic heterocycles. The van der Waals surface area contributed by atoms with Crippen LogP contribution in [0.4, 0.5) is 0 Å². The highest BCUT2D eigenvalue weighted by Crippen LogP contribution is 2.05. The average molecular weight is 248 g/mol. The molecule has 0 saturated carbocycles. The van der Waals surface area contributed by atoms with Crippen molar-refractivity contribution < 1.29 is 9.59 Å². The molecule has 1 rings (SSSR count). The Morgan fingerprint density at radius 1 is 0.778 bits per heavy atom. The fourth-order valence-electron chi connectivity index (χ4n) is 1.46. The van der Waals surface area contributed by atoms with Crippen LogP contribution in [0.15, 0.2) is 24.3 Å². The molecule has 2 N–H and O–H groups in total. The normalized spacial score (nSPS) is 10.6. The van der Waals surface area contributed by atoms with Gasteiger partial charge in [0.2, 0.25) is 0 Å². The van der Waals surface area contributed by atoms with Gasteiger partial charge in [-0.25, -0.2) is 0 Å². The molecule has 1 aromatic carbocycles. The van der Waals surface area contributed by atoms with E-state index in [2.05, 4.69) is 10.6 Å². The summed E-state index contributed by atoms with van der Waals surface area (Å²) in [6, 6.07) is 6.84. The first-order chi connectivity index (χ1) is 8.40. The molecule has 18 heavy (non-hydrogen) atoms.